The Balaban J connectivity index is 1.16. The molecule has 0 atom stereocenters. The van der Waals surface area contributed by atoms with Crippen molar-refractivity contribution in [2.75, 3.05) is 0 Å². The average molecular weight is 936 g/mol. The molecule has 0 bridgehead atoms. The van der Waals surface area contributed by atoms with E-state index in [1.54, 1.807) is 4.57 Å². The highest BCUT2D eigenvalue weighted by Gasteiger charge is 2.23. The lowest BCUT2D eigenvalue weighted by molar-refractivity contribution is 0.836. The first-order chi connectivity index (χ1) is 36.0. The van der Waals surface area contributed by atoms with Crippen LogP contribution >= 0.6 is 0 Å². The Morgan fingerprint density at radius 1 is 0.205 bits per heavy atom. The van der Waals surface area contributed by atoms with Gasteiger partial charge in [0.15, 0.2) is 0 Å². The SMILES string of the molecule is O=c1c2cc3c(cc2n(-c2cc(-c4ccccc4)cc(-c4ccccc4)c2)c(=O)n1-c1cc(-c2ccccc2)cc(-c2ccccc2)c1)c1ccccc1n3-c1cc(-c2ccccc2)cc(-c2ccccc2)c1. The summed E-state index contributed by atoms with van der Waals surface area (Å²) in [7, 11) is 0. The largest absolute Gasteiger partial charge is 0.340 e. The smallest absolute Gasteiger partial charge is 0.309 e. The van der Waals surface area contributed by atoms with Crippen LogP contribution in [0.4, 0.5) is 0 Å². The highest BCUT2D eigenvalue weighted by molar-refractivity contribution is 6.13. The summed E-state index contributed by atoms with van der Waals surface area (Å²) < 4.78 is 5.40. The van der Waals surface area contributed by atoms with Crippen LogP contribution in [0.1, 0.15) is 0 Å². The quantitative estimate of drug-likeness (QED) is 0.145. The first-order valence-electron chi connectivity index (χ1n) is 24.6. The van der Waals surface area contributed by atoms with Crippen LogP contribution in [0.15, 0.2) is 283 Å². The van der Waals surface area contributed by atoms with Crippen LogP contribution in [0, 0.1) is 0 Å². The summed E-state index contributed by atoms with van der Waals surface area (Å²) in [5.41, 5.74) is 15.4. The summed E-state index contributed by atoms with van der Waals surface area (Å²) in [6.45, 7) is 0. The molecule has 344 valence electrons. The molecule has 0 N–H and O–H groups in total. The maximum Gasteiger partial charge on any atom is 0.340 e. The molecule has 2 aromatic heterocycles. The zero-order valence-corrected chi connectivity index (χ0v) is 39.6. The minimum Gasteiger partial charge on any atom is -0.309 e. The second-order valence-corrected chi connectivity index (χ2v) is 18.5. The van der Waals surface area contributed by atoms with Gasteiger partial charge in [0.05, 0.1) is 33.3 Å². The van der Waals surface area contributed by atoms with Crippen LogP contribution < -0.4 is 11.2 Å². The Bertz CT molecular complexity index is 4140. The molecule has 0 unspecified atom stereocenters. The second-order valence-electron chi connectivity index (χ2n) is 18.5. The van der Waals surface area contributed by atoms with E-state index < -0.39 is 11.2 Å². The van der Waals surface area contributed by atoms with E-state index >= 15 is 9.59 Å². The Morgan fingerprint density at radius 2 is 0.493 bits per heavy atom. The number of aromatic nitrogens is 3. The van der Waals surface area contributed by atoms with Gasteiger partial charge in [-0.15, -0.1) is 0 Å². The first kappa shape index (κ1) is 43.2. The van der Waals surface area contributed by atoms with Crippen LogP contribution in [0.3, 0.4) is 0 Å². The fraction of sp³-hybridized carbons (Fsp3) is 0. The standard InChI is InChI=1S/C68H45N3O2/c72-67-63-45-65-62(61-33-19-20-34-64(61)69(65)58-38-52(46-21-7-1-8-22-46)35-53(39-58)47-23-9-2-10-24-47)44-66(63)70(59-40-54(48-25-11-3-12-26-48)36-55(41-59)49-27-13-4-14-28-49)68(73)71(67)60-42-56(50-29-15-5-16-30-50)37-57(43-60)51-31-17-6-18-32-51/h1-45H. The van der Waals surface area contributed by atoms with Gasteiger partial charge < -0.3 is 4.57 Å². The molecule has 0 saturated carbocycles. The van der Waals surface area contributed by atoms with Gasteiger partial charge in [0.1, 0.15) is 0 Å². The summed E-state index contributed by atoms with van der Waals surface area (Å²) in [5.74, 6) is 0. The zero-order valence-electron chi connectivity index (χ0n) is 39.6. The average Bonchev–Trinajstić information content (AvgIpc) is 3.79. The maximum absolute atomic E-state index is 16.1. The third kappa shape index (κ3) is 7.86. The molecule has 73 heavy (non-hydrogen) atoms. The molecule has 13 rings (SSSR count). The lowest BCUT2D eigenvalue weighted by atomic mass is 9.97. The van der Waals surface area contributed by atoms with E-state index in [1.165, 1.54) is 4.57 Å². The van der Waals surface area contributed by atoms with Crippen LogP contribution in [0.5, 0.6) is 0 Å². The summed E-state index contributed by atoms with van der Waals surface area (Å²) in [4.78, 5) is 32.0. The van der Waals surface area contributed by atoms with E-state index in [9.17, 15) is 0 Å². The molecule has 5 nitrogen and oxygen atoms in total. The lowest BCUT2D eigenvalue weighted by Gasteiger charge is -2.19. The number of para-hydroxylation sites is 1. The van der Waals surface area contributed by atoms with E-state index in [4.69, 9.17) is 0 Å². The van der Waals surface area contributed by atoms with Crippen molar-refractivity contribution in [2.24, 2.45) is 0 Å². The lowest BCUT2D eigenvalue weighted by Crippen LogP contribution is -2.38. The van der Waals surface area contributed by atoms with Gasteiger partial charge in [0.2, 0.25) is 0 Å². The Hall–Kier alpha value is -9.84. The molecule has 0 aliphatic heterocycles. The molecule has 2 heterocycles. The van der Waals surface area contributed by atoms with Crippen molar-refractivity contribution in [3.63, 3.8) is 0 Å². The maximum atomic E-state index is 16.1. The van der Waals surface area contributed by atoms with E-state index in [-0.39, 0.29) is 0 Å². The van der Waals surface area contributed by atoms with E-state index in [1.807, 2.05) is 103 Å². The van der Waals surface area contributed by atoms with Gasteiger partial charge in [-0.2, -0.15) is 0 Å². The van der Waals surface area contributed by atoms with Crippen LogP contribution in [0.25, 0.3) is 117 Å². The first-order valence-corrected chi connectivity index (χ1v) is 24.6. The van der Waals surface area contributed by atoms with E-state index in [0.29, 0.717) is 22.3 Å². The van der Waals surface area contributed by atoms with Crippen molar-refractivity contribution >= 4 is 32.7 Å². The molecule has 0 spiro atoms. The minimum atomic E-state index is -0.475. The van der Waals surface area contributed by atoms with Crippen molar-refractivity contribution in [1.29, 1.82) is 0 Å². The van der Waals surface area contributed by atoms with Gasteiger partial charge in [-0.1, -0.05) is 200 Å². The molecule has 0 saturated heterocycles. The van der Waals surface area contributed by atoms with Gasteiger partial charge in [-0.25, -0.2) is 9.36 Å². The molecule has 0 radical (unpaired) electrons. The van der Waals surface area contributed by atoms with E-state index in [2.05, 4.69) is 174 Å². The molecule has 5 heteroatoms. The molecule has 11 aromatic carbocycles. The summed E-state index contributed by atoms with van der Waals surface area (Å²) >= 11 is 0. The molecular weight excluding hydrogens is 891 g/mol. The molecule has 13 aromatic rings. The predicted molar refractivity (Wildman–Crippen MR) is 302 cm³/mol. The normalized spacial score (nSPS) is 11.4. The van der Waals surface area contributed by atoms with Gasteiger partial charge in [0.25, 0.3) is 5.56 Å². The number of hydrogen-bond donors (Lipinski definition) is 0. The monoisotopic (exact) mass is 935 g/mol. The number of nitrogens with zero attached hydrogens (tertiary/aromatic N) is 3. The van der Waals surface area contributed by atoms with Crippen molar-refractivity contribution in [1.82, 2.24) is 13.7 Å². The molecule has 0 fully saturated rings. The fourth-order valence-electron chi connectivity index (χ4n) is 10.5. The highest BCUT2D eigenvalue weighted by Crippen LogP contribution is 2.39. The van der Waals surface area contributed by atoms with Crippen molar-refractivity contribution < 1.29 is 0 Å². The van der Waals surface area contributed by atoms with Gasteiger partial charge in [-0.3, -0.25) is 9.36 Å². The molecular formula is C68H45N3O2. The third-order valence-corrected chi connectivity index (χ3v) is 14.0. The predicted octanol–water partition coefficient (Wildman–Crippen LogP) is 16.2. The topological polar surface area (TPSA) is 48.9 Å². The van der Waals surface area contributed by atoms with Gasteiger partial charge in [-0.05, 0) is 140 Å². The van der Waals surface area contributed by atoms with Gasteiger partial charge >= 0.3 is 5.69 Å². The number of benzene rings is 11. The van der Waals surface area contributed by atoms with Crippen molar-refractivity contribution in [2.45, 2.75) is 0 Å². The van der Waals surface area contributed by atoms with Crippen LogP contribution in [-0.4, -0.2) is 13.7 Å². The van der Waals surface area contributed by atoms with Crippen LogP contribution in [-0.2, 0) is 0 Å². The van der Waals surface area contributed by atoms with E-state index in [0.717, 1.165) is 94.3 Å². The minimum absolute atomic E-state index is 0.399. The Kier molecular flexibility index (Phi) is 10.7. The number of rotatable bonds is 9. The number of fused-ring (bicyclic) bond motifs is 4. The van der Waals surface area contributed by atoms with Gasteiger partial charge in [0, 0.05) is 16.5 Å². The fourth-order valence-corrected chi connectivity index (χ4v) is 10.5. The van der Waals surface area contributed by atoms with Crippen molar-refractivity contribution in [3.05, 3.63) is 294 Å². The summed E-state index contributed by atoms with van der Waals surface area (Å²) in [5, 5.41) is 2.32. The highest BCUT2D eigenvalue weighted by atomic mass is 16.2. The summed E-state index contributed by atoms with van der Waals surface area (Å²) in [6, 6.07) is 93.2. The third-order valence-electron chi connectivity index (χ3n) is 14.0. The Labute approximate surface area is 422 Å². The van der Waals surface area contributed by atoms with Crippen LogP contribution in [0.2, 0.25) is 0 Å². The Morgan fingerprint density at radius 3 is 0.863 bits per heavy atom. The second kappa shape index (κ2) is 18.2. The molecule has 0 amide bonds. The zero-order chi connectivity index (χ0) is 48.8. The number of hydrogen-bond acceptors (Lipinski definition) is 2. The molecule has 0 aliphatic carbocycles. The van der Waals surface area contributed by atoms with Crippen molar-refractivity contribution in [3.8, 4) is 83.8 Å². The summed E-state index contributed by atoms with van der Waals surface area (Å²) in [6.07, 6.45) is 0. The molecule has 0 aliphatic rings.